The number of ether oxygens (including phenoxy) is 1. The van der Waals surface area contributed by atoms with Crippen molar-refractivity contribution in [1.82, 2.24) is 10.2 Å². The van der Waals surface area contributed by atoms with Crippen LogP contribution in [0, 0.1) is 13.8 Å². The van der Waals surface area contributed by atoms with Gasteiger partial charge in [0, 0.05) is 11.3 Å². The maximum absolute atomic E-state index is 5.42. The van der Waals surface area contributed by atoms with Gasteiger partial charge in [-0.2, -0.15) is 5.10 Å². The van der Waals surface area contributed by atoms with Crippen molar-refractivity contribution < 1.29 is 4.74 Å². The predicted molar refractivity (Wildman–Crippen MR) is 64.7 cm³/mol. The Kier molecular flexibility index (Phi) is 2.95. The Morgan fingerprint density at radius 2 is 1.88 bits per heavy atom. The second kappa shape index (κ2) is 4.39. The van der Waals surface area contributed by atoms with Gasteiger partial charge in [-0.25, -0.2) is 0 Å². The van der Waals surface area contributed by atoms with Crippen LogP contribution in [0.5, 0.6) is 5.75 Å². The predicted octanol–water partition coefficient (Wildman–Crippen LogP) is 3.09. The van der Waals surface area contributed by atoms with Gasteiger partial charge in [-0.3, -0.25) is 5.10 Å². The molecule has 0 spiro atoms. The molecule has 2 aromatic rings. The van der Waals surface area contributed by atoms with Gasteiger partial charge < -0.3 is 4.74 Å². The lowest BCUT2D eigenvalue weighted by Gasteiger charge is -2.05. The summed E-state index contributed by atoms with van der Waals surface area (Å²) in [6.45, 7) is 6.72. The molecule has 0 atom stereocenters. The molecular formula is C13H16N2O. The van der Waals surface area contributed by atoms with Gasteiger partial charge in [0.05, 0.1) is 12.3 Å². The third-order valence-electron chi connectivity index (χ3n) is 2.58. The van der Waals surface area contributed by atoms with E-state index in [1.165, 1.54) is 11.1 Å². The second-order valence-corrected chi connectivity index (χ2v) is 3.77. The van der Waals surface area contributed by atoms with E-state index >= 15 is 0 Å². The van der Waals surface area contributed by atoms with Crippen molar-refractivity contribution in [3.05, 3.63) is 35.7 Å². The standard InChI is InChI=1S/C13H16N2O/c1-4-16-12-7-5-11(6-8-12)13-9(2)14-15-10(13)3/h5-8H,4H2,1-3H3,(H,14,15). The normalized spacial score (nSPS) is 10.4. The SMILES string of the molecule is CCOc1ccc(-c2c(C)n[nH]c2C)cc1. The van der Waals surface area contributed by atoms with Gasteiger partial charge in [-0.15, -0.1) is 0 Å². The fourth-order valence-electron chi connectivity index (χ4n) is 1.86. The smallest absolute Gasteiger partial charge is 0.119 e. The van der Waals surface area contributed by atoms with Crippen molar-refractivity contribution in [2.75, 3.05) is 6.61 Å². The Bertz CT molecular complexity index is 452. The van der Waals surface area contributed by atoms with Crippen LogP contribution in [-0.2, 0) is 0 Å². The number of hydrogen-bond acceptors (Lipinski definition) is 2. The average Bonchev–Trinajstić information content (AvgIpc) is 2.61. The van der Waals surface area contributed by atoms with Gasteiger partial charge in [0.1, 0.15) is 5.75 Å². The van der Waals surface area contributed by atoms with E-state index in [4.69, 9.17) is 4.74 Å². The highest BCUT2D eigenvalue weighted by Gasteiger charge is 2.08. The Morgan fingerprint density at radius 3 is 2.38 bits per heavy atom. The Hall–Kier alpha value is -1.77. The van der Waals surface area contributed by atoms with Crippen molar-refractivity contribution >= 4 is 0 Å². The summed E-state index contributed by atoms with van der Waals surface area (Å²) < 4.78 is 5.42. The number of aromatic nitrogens is 2. The summed E-state index contributed by atoms with van der Waals surface area (Å²) in [5, 5.41) is 7.19. The van der Waals surface area contributed by atoms with E-state index in [1.54, 1.807) is 0 Å². The average molecular weight is 216 g/mol. The monoisotopic (exact) mass is 216 g/mol. The first kappa shape index (κ1) is 10.7. The van der Waals surface area contributed by atoms with E-state index in [0.717, 1.165) is 17.1 Å². The molecule has 0 saturated carbocycles. The summed E-state index contributed by atoms with van der Waals surface area (Å²) in [7, 11) is 0. The van der Waals surface area contributed by atoms with Crippen molar-refractivity contribution in [2.45, 2.75) is 20.8 Å². The minimum atomic E-state index is 0.698. The Labute approximate surface area is 95.5 Å². The van der Waals surface area contributed by atoms with Crippen molar-refractivity contribution in [3.63, 3.8) is 0 Å². The summed E-state index contributed by atoms with van der Waals surface area (Å²) in [5.74, 6) is 0.907. The molecule has 0 fully saturated rings. The highest BCUT2D eigenvalue weighted by molar-refractivity contribution is 5.68. The molecule has 0 amide bonds. The number of hydrogen-bond donors (Lipinski definition) is 1. The Morgan fingerprint density at radius 1 is 1.19 bits per heavy atom. The maximum Gasteiger partial charge on any atom is 0.119 e. The molecule has 1 aromatic carbocycles. The van der Waals surface area contributed by atoms with Gasteiger partial charge in [0.2, 0.25) is 0 Å². The number of rotatable bonds is 3. The highest BCUT2D eigenvalue weighted by Crippen LogP contribution is 2.26. The van der Waals surface area contributed by atoms with Crippen LogP contribution in [0.15, 0.2) is 24.3 Å². The molecule has 0 aliphatic rings. The van der Waals surface area contributed by atoms with Gasteiger partial charge in [0.25, 0.3) is 0 Å². The summed E-state index contributed by atoms with van der Waals surface area (Å²) in [5.41, 5.74) is 4.48. The number of benzene rings is 1. The van der Waals surface area contributed by atoms with Crippen LogP contribution in [0.25, 0.3) is 11.1 Å². The summed E-state index contributed by atoms with van der Waals surface area (Å²) in [6.07, 6.45) is 0. The quantitative estimate of drug-likeness (QED) is 0.856. The molecule has 3 heteroatoms. The molecule has 0 unspecified atom stereocenters. The topological polar surface area (TPSA) is 37.9 Å². The summed E-state index contributed by atoms with van der Waals surface area (Å²) in [4.78, 5) is 0. The largest absolute Gasteiger partial charge is 0.494 e. The van der Waals surface area contributed by atoms with Crippen molar-refractivity contribution in [2.24, 2.45) is 0 Å². The van der Waals surface area contributed by atoms with Gasteiger partial charge in [0.15, 0.2) is 0 Å². The van der Waals surface area contributed by atoms with E-state index in [-0.39, 0.29) is 0 Å². The van der Waals surface area contributed by atoms with Crippen molar-refractivity contribution in [3.8, 4) is 16.9 Å². The number of aryl methyl sites for hydroxylation is 2. The van der Waals surface area contributed by atoms with Gasteiger partial charge in [-0.1, -0.05) is 12.1 Å². The fraction of sp³-hybridized carbons (Fsp3) is 0.308. The van der Waals surface area contributed by atoms with E-state index in [0.29, 0.717) is 6.61 Å². The zero-order chi connectivity index (χ0) is 11.5. The molecule has 3 nitrogen and oxygen atoms in total. The molecule has 0 aliphatic heterocycles. The Balaban J connectivity index is 2.35. The van der Waals surface area contributed by atoms with E-state index in [2.05, 4.69) is 22.3 Å². The van der Waals surface area contributed by atoms with E-state index < -0.39 is 0 Å². The first-order valence-corrected chi connectivity index (χ1v) is 5.47. The van der Waals surface area contributed by atoms with E-state index in [1.807, 2.05) is 32.9 Å². The number of aromatic amines is 1. The fourth-order valence-corrected chi connectivity index (χ4v) is 1.86. The van der Waals surface area contributed by atoms with Crippen LogP contribution in [0.4, 0.5) is 0 Å². The molecule has 1 heterocycles. The molecule has 2 rings (SSSR count). The van der Waals surface area contributed by atoms with Crippen molar-refractivity contribution in [1.29, 1.82) is 0 Å². The summed E-state index contributed by atoms with van der Waals surface area (Å²) >= 11 is 0. The molecule has 0 radical (unpaired) electrons. The van der Waals surface area contributed by atoms with Crippen LogP contribution in [0.1, 0.15) is 18.3 Å². The third kappa shape index (κ3) is 1.94. The molecule has 0 aliphatic carbocycles. The number of nitrogens with one attached hydrogen (secondary N) is 1. The number of nitrogens with zero attached hydrogens (tertiary/aromatic N) is 1. The lowest BCUT2D eigenvalue weighted by Crippen LogP contribution is -1.91. The second-order valence-electron chi connectivity index (χ2n) is 3.77. The van der Waals surface area contributed by atoms with Gasteiger partial charge >= 0.3 is 0 Å². The van der Waals surface area contributed by atoms with Crippen LogP contribution >= 0.6 is 0 Å². The van der Waals surface area contributed by atoms with Crippen LogP contribution in [0.2, 0.25) is 0 Å². The third-order valence-corrected chi connectivity index (χ3v) is 2.58. The minimum absolute atomic E-state index is 0.698. The first-order valence-electron chi connectivity index (χ1n) is 5.47. The molecular weight excluding hydrogens is 200 g/mol. The first-order chi connectivity index (χ1) is 7.72. The van der Waals surface area contributed by atoms with Gasteiger partial charge in [-0.05, 0) is 38.5 Å². The molecule has 1 aromatic heterocycles. The van der Waals surface area contributed by atoms with Crippen LogP contribution in [0.3, 0.4) is 0 Å². The van der Waals surface area contributed by atoms with Crippen LogP contribution in [-0.4, -0.2) is 16.8 Å². The zero-order valence-electron chi connectivity index (χ0n) is 9.87. The highest BCUT2D eigenvalue weighted by atomic mass is 16.5. The minimum Gasteiger partial charge on any atom is -0.494 e. The maximum atomic E-state index is 5.42. The molecule has 16 heavy (non-hydrogen) atoms. The molecule has 0 bridgehead atoms. The number of H-pyrrole nitrogens is 1. The molecule has 1 N–H and O–H groups in total. The zero-order valence-corrected chi connectivity index (χ0v) is 9.87. The lowest BCUT2D eigenvalue weighted by atomic mass is 10.0. The lowest BCUT2D eigenvalue weighted by molar-refractivity contribution is 0.340. The summed E-state index contributed by atoms with van der Waals surface area (Å²) in [6, 6.07) is 8.11. The molecule has 0 saturated heterocycles. The molecule has 84 valence electrons. The van der Waals surface area contributed by atoms with E-state index in [9.17, 15) is 0 Å². The van der Waals surface area contributed by atoms with Crippen LogP contribution < -0.4 is 4.74 Å².